The minimum Gasteiger partial charge on any atom is -0.456 e. The van der Waals surface area contributed by atoms with Crippen LogP contribution in [0.4, 0.5) is 0 Å². The van der Waals surface area contributed by atoms with Gasteiger partial charge in [-0.15, -0.1) is 0 Å². The average molecular weight is 371 g/mol. The van der Waals surface area contributed by atoms with Crippen LogP contribution in [0.3, 0.4) is 0 Å². The van der Waals surface area contributed by atoms with Gasteiger partial charge in [0.2, 0.25) is 5.69 Å². The second kappa shape index (κ2) is 5.43. The first kappa shape index (κ1) is 16.5. The van der Waals surface area contributed by atoms with Gasteiger partial charge in [-0.25, -0.2) is 4.57 Å². The van der Waals surface area contributed by atoms with E-state index in [1.165, 1.54) is 43.6 Å². The number of nitrogens with zero attached hydrogens (tertiary/aromatic N) is 1. The van der Waals surface area contributed by atoms with Crippen LogP contribution in [0.25, 0.3) is 32.8 Å². The van der Waals surface area contributed by atoms with Crippen LogP contribution in [-0.4, -0.2) is 8.07 Å². The minimum atomic E-state index is -1.66. The lowest BCUT2D eigenvalue weighted by Crippen LogP contribution is -2.41. The monoisotopic (exact) mass is 370 g/mol. The fraction of sp³-hybridized carbons (Fsp3) is 0.208. The zero-order valence-corrected chi connectivity index (χ0v) is 17.6. The van der Waals surface area contributed by atoms with Gasteiger partial charge in [0.05, 0.1) is 19.0 Å². The van der Waals surface area contributed by atoms with E-state index in [9.17, 15) is 0 Å². The summed E-state index contributed by atoms with van der Waals surface area (Å²) in [7, 11) is 0.486. The number of pyridine rings is 1. The fourth-order valence-corrected chi connectivity index (χ4v) is 6.48. The zero-order valence-electron chi connectivity index (χ0n) is 16.6. The molecule has 0 unspecified atom stereocenters. The van der Waals surface area contributed by atoms with Crippen LogP contribution in [0.15, 0.2) is 54.7 Å². The van der Waals surface area contributed by atoms with Crippen LogP contribution in [0.5, 0.6) is 11.5 Å². The molecule has 0 amide bonds. The summed E-state index contributed by atoms with van der Waals surface area (Å²) >= 11 is 0. The molecule has 1 aromatic heterocycles. The first-order valence-corrected chi connectivity index (χ1v) is 13.0. The summed E-state index contributed by atoms with van der Waals surface area (Å²) in [4.78, 5) is 0. The maximum Gasteiger partial charge on any atom is 0.228 e. The number of aromatic nitrogens is 1. The molecule has 0 bridgehead atoms. The van der Waals surface area contributed by atoms with E-state index in [0.717, 1.165) is 11.5 Å². The number of hydrogen-bond acceptors (Lipinski definition) is 1. The van der Waals surface area contributed by atoms with E-state index < -0.39 is 8.07 Å². The largest absolute Gasteiger partial charge is 0.456 e. The molecule has 0 radical (unpaired) electrons. The Kier molecular flexibility index (Phi) is 3.32. The molecular formula is C24H24NOSi+. The molecule has 3 heteroatoms. The number of fused-ring (bicyclic) bond motifs is 3. The van der Waals surface area contributed by atoms with Crippen molar-refractivity contribution in [1.29, 1.82) is 0 Å². The van der Waals surface area contributed by atoms with Gasteiger partial charge in [-0.1, -0.05) is 56.0 Å². The lowest BCUT2D eigenvalue weighted by molar-refractivity contribution is -0.659. The Morgan fingerprint density at radius 2 is 1.63 bits per heavy atom. The normalized spacial score (nSPS) is 12.9. The first-order chi connectivity index (χ1) is 12.9. The molecule has 0 atom stereocenters. The predicted molar refractivity (Wildman–Crippen MR) is 116 cm³/mol. The van der Waals surface area contributed by atoms with E-state index in [4.69, 9.17) is 4.74 Å². The molecule has 0 spiro atoms. The van der Waals surface area contributed by atoms with Gasteiger partial charge >= 0.3 is 0 Å². The fourth-order valence-electron chi connectivity index (χ4n) is 4.59. The van der Waals surface area contributed by atoms with Crippen molar-refractivity contribution in [3.63, 3.8) is 0 Å². The summed E-state index contributed by atoms with van der Waals surface area (Å²) in [5, 5.41) is 6.56. The molecule has 5 rings (SSSR count). The van der Waals surface area contributed by atoms with Crippen LogP contribution in [0, 0.1) is 6.92 Å². The smallest absolute Gasteiger partial charge is 0.228 e. The first-order valence-electron chi connectivity index (χ1n) is 9.53. The predicted octanol–water partition coefficient (Wildman–Crippen LogP) is 5.44. The third-order valence-electron chi connectivity index (χ3n) is 5.75. The Labute approximate surface area is 161 Å². The second-order valence-electron chi connectivity index (χ2n) is 8.60. The van der Waals surface area contributed by atoms with Gasteiger partial charge in [0, 0.05) is 6.07 Å². The lowest BCUT2D eigenvalue weighted by Gasteiger charge is -2.29. The lowest BCUT2D eigenvalue weighted by atomic mass is 9.92. The molecule has 0 saturated heterocycles. The van der Waals surface area contributed by atoms with Gasteiger partial charge in [0.15, 0.2) is 6.20 Å². The van der Waals surface area contributed by atoms with E-state index in [1.54, 1.807) is 0 Å². The quantitative estimate of drug-likeness (QED) is 0.283. The van der Waals surface area contributed by atoms with Crippen molar-refractivity contribution in [2.24, 2.45) is 7.05 Å². The van der Waals surface area contributed by atoms with Gasteiger partial charge in [-0.3, -0.25) is 0 Å². The highest BCUT2D eigenvalue weighted by atomic mass is 28.3. The van der Waals surface area contributed by atoms with Crippen LogP contribution in [-0.2, 0) is 7.05 Å². The molecule has 0 saturated carbocycles. The highest BCUT2D eigenvalue weighted by Gasteiger charge is 2.35. The summed E-state index contributed by atoms with van der Waals surface area (Å²) in [6.45, 7) is 9.48. The van der Waals surface area contributed by atoms with Crippen LogP contribution >= 0.6 is 0 Å². The van der Waals surface area contributed by atoms with Crippen molar-refractivity contribution in [2.75, 3.05) is 0 Å². The van der Waals surface area contributed by atoms with Gasteiger partial charge in [-0.2, -0.15) is 0 Å². The van der Waals surface area contributed by atoms with Crippen molar-refractivity contribution in [3.05, 3.63) is 60.3 Å². The molecule has 2 nitrogen and oxygen atoms in total. The van der Waals surface area contributed by atoms with Crippen molar-refractivity contribution < 1.29 is 9.30 Å². The van der Waals surface area contributed by atoms with Gasteiger partial charge < -0.3 is 4.74 Å². The highest BCUT2D eigenvalue weighted by Crippen LogP contribution is 2.47. The Morgan fingerprint density at radius 1 is 0.889 bits per heavy atom. The molecule has 2 heterocycles. The third kappa shape index (κ3) is 2.21. The number of hydrogen-bond donors (Lipinski definition) is 0. The Morgan fingerprint density at radius 3 is 2.37 bits per heavy atom. The standard InChI is InChI=1S/C24H24NOSi/c1-15-17-10-6-7-11-18(17)24(27(3,4)5)23-20(15)22-21-16(13-14-25(22)2)9-8-12-19(21)26-23/h6-14H,1-5H3/q+1. The number of aryl methyl sites for hydroxylation is 2. The second-order valence-corrected chi connectivity index (χ2v) is 13.6. The maximum atomic E-state index is 6.67. The molecular weight excluding hydrogens is 346 g/mol. The molecule has 0 N–H and O–H groups in total. The molecule has 1 aliphatic rings. The van der Waals surface area contributed by atoms with E-state index in [2.05, 4.69) is 92.9 Å². The molecule has 3 aromatic carbocycles. The maximum absolute atomic E-state index is 6.67. The van der Waals surface area contributed by atoms with Crippen LogP contribution < -0.4 is 14.5 Å². The van der Waals surface area contributed by atoms with E-state index in [1.807, 2.05) is 0 Å². The summed E-state index contributed by atoms with van der Waals surface area (Å²) in [5.74, 6) is 2.05. The van der Waals surface area contributed by atoms with E-state index >= 15 is 0 Å². The molecule has 134 valence electrons. The number of rotatable bonds is 1. The van der Waals surface area contributed by atoms with Crippen LogP contribution in [0.1, 0.15) is 5.56 Å². The highest BCUT2D eigenvalue weighted by molar-refractivity contribution is 6.91. The Bertz CT molecular complexity index is 1250. The molecule has 0 aliphatic carbocycles. The van der Waals surface area contributed by atoms with Gasteiger partial charge in [-0.05, 0) is 39.9 Å². The van der Waals surface area contributed by atoms with Crippen molar-refractivity contribution >= 4 is 34.8 Å². The van der Waals surface area contributed by atoms with E-state index in [0.29, 0.717) is 0 Å². The van der Waals surface area contributed by atoms with Crippen LogP contribution in [0.2, 0.25) is 19.6 Å². The molecule has 0 fully saturated rings. The summed E-state index contributed by atoms with van der Waals surface area (Å²) < 4.78 is 8.93. The topological polar surface area (TPSA) is 13.1 Å². The van der Waals surface area contributed by atoms with Gasteiger partial charge in [0.25, 0.3) is 0 Å². The van der Waals surface area contributed by atoms with Crippen molar-refractivity contribution in [1.82, 2.24) is 0 Å². The van der Waals surface area contributed by atoms with E-state index in [-0.39, 0.29) is 0 Å². The molecule has 1 aliphatic heterocycles. The summed E-state index contributed by atoms with van der Waals surface area (Å²) in [6, 6.07) is 17.4. The summed E-state index contributed by atoms with van der Waals surface area (Å²) in [5.41, 5.74) is 3.84. The average Bonchev–Trinajstić information content (AvgIpc) is 2.63. The molecule has 4 aromatic rings. The summed E-state index contributed by atoms with van der Waals surface area (Å²) in [6.07, 6.45) is 2.17. The third-order valence-corrected chi connectivity index (χ3v) is 7.75. The van der Waals surface area contributed by atoms with Crippen molar-refractivity contribution in [2.45, 2.75) is 26.6 Å². The number of benzene rings is 3. The number of ether oxygens (including phenoxy) is 1. The molecule has 27 heavy (non-hydrogen) atoms. The zero-order chi connectivity index (χ0) is 18.9. The Balaban J connectivity index is 2.07. The van der Waals surface area contributed by atoms with Crippen molar-refractivity contribution in [3.8, 4) is 22.8 Å². The SMILES string of the molecule is Cc1c2c(c([Si](C)(C)C)c3ccccc13)Oc1cccc3cc[n+](C)c-2c13. The van der Waals surface area contributed by atoms with Gasteiger partial charge in [0.1, 0.15) is 18.5 Å². The minimum absolute atomic E-state index is 0.973. The Hall–Kier alpha value is -2.65.